The Hall–Kier alpha value is -3.30. The molecule has 0 bridgehead atoms. The maximum Gasteiger partial charge on any atom is 0.259 e. The predicted molar refractivity (Wildman–Crippen MR) is 138 cm³/mol. The summed E-state index contributed by atoms with van der Waals surface area (Å²) in [6.07, 6.45) is -6.18. The third kappa shape index (κ3) is 8.15. The summed E-state index contributed by atoms with van der Waals surface area (Å²) in [6.45, 7) is -8.35. The van der Waals surface area contributed by atoms with Gasteiger partial charge in [0, 0.05) is 38.4 Å². The Kier molecular flexibility index (Phi) is 5.55. The van der Waals surface area contributed by atoms with E-state index >= 15 is 0 Å². The van der Waals surface area contributed by atoms with E-state index in [0.717, 1.165) is 4.90 Å². The monoisotopic (exact) mass is 506 g/mol. The third-order valence-corrected chi connectivity index (χ3v) is 4.94. The molecule has 9 heteroatoms. The van der Waals surface area contributed by atoms with Gasteiger partial charge >= 0.3 is 0 Å². The molecule has 186 valence electrons. The van der Waals surface area contributed by atoms with Gasteiger partial charge in [0.25, 0.3) is 5.91 Å². The molecule has 35 heavy (non-hydrogen) atoms. The van der Waals surface area contributed by atoms with Crippen LogP contribution in [0.5, 0.6) is 0 Å². The van der Waals surface area contributed by atoms with Gasteiger partial charge in [-0.25, -0.2) is 13.4 Å². The van der Waals surface area contributed by atoms with E-state index in [1.165, 1.54) is 24.8 Å². The Labute approximate surface area is 221 Å². The molecule has 0 saturated carbocycles. The molecule has 0 fully saturated rings. The summed E-state index contributed by atoms with van der Waals surface area (Å²) in [5, 5.41) is 0. The van der Waals surface area contributed by atoms with Crippen molar-refractivity contribution in [1.82, 2.24) is 14.7 Å². The van der Waals surface area contributed by atoms with Gasteiger partial charge in [0.1, 0.15) is 12.4 Å². The first-order valence-electron chi connectivity index (χ1n) is 15.5. The molecule has 0 saturated heterocycles. The Morgan fingerprint density at radius 3 is 2.20 bits per heavy atom. The van der Waals surface area contributed by atoms with Gasteiger partial charge in [-0.05, 0) is 26.6 Å². The number of hydrogen-bond donors (Lipinski definition) is 1. The van der Waals surface area contributed by atoms with Crippen LogP contribution < -0.4 is 9.62 Å². The second-order valence-electron chi connectivity index (χ2n) is 7.49. The van der Waals surface area contributed by atoms with Crippen molar-refractivity contribution in [1.29, 1.82) is 0 Å². The fourth-order valence-electron chi connectivity index (χ4n) is 2.95. The summed E-state index contributed by atoms with van der Waals surface area (Å²) in [7, 11) is -4.33. The van der Waals surface area contributed by atoms with Gasteiger partial charge in [0.05, 0.1) is 29.3 Å². The van der Waals surface area contributed by atoms with Crippen molar-refractivity contribution < 1.29 is 31.7 Å². The van der Waals surface area contributed by atoms with Gasteiger partial charge < -0.3 is 9.64 Å². The van der Waals surface area contributed by atoms with E-state index in [0.29, 0.717) is 28.8 Å². The largest absolute Gasteiger partial charge is 0.372 e. The van der Waals surface area contributed by atoms with Crippen LogP contribution in [-0.2, 0) is 19.6 Å². The first-order chi connectivity index (χ1) is 20.5. The Morgan fingerprint density at radius 1 is 1.03 bits per heavy atom. The van der Waals surface area contributed by atoms with Crippen LogP contribution in [-0.4, -0.2) is 56.2 Å². The van der Waals surface area contributed by atoms with Crippen molar-refractivity contribution in [3.63, 3.8) is 0 Å². The standard InChI is InChI=1S/C26H32N4O4S/c1-20(2)30(16-10-11-17-34-19-24(31)29-35(3,32)33)23-18-27-25(21-12-6-4-7-13-21)26(28-23)22-14-8-5-9-15-22/h4-9,12-15,18,20H,10-11,16-17,19H2,1-3H3,(H,29,31)/i10D2,11D2,16D2,17D2,19D2. The molecule has 0 unspecified atom stereocenters. The quantitative estimate of drug-likeness (QED) is 0.397. The van der Waals surface area contributed by atoms with Crippen molar-refractivity contribution in [2.45, 2.75) is 32.6 Å². The SMILES string of the molecule is [2H]C([2H])(OC([2H])([2H])C([2H])([2H])C([2H])([2H])C([2H])([2H])N(c1cnc(-c2ccccc2)c(-c2ccccc2)n1)C(C)C)C(=O)NS(C)(=O)=O. The van der Waals surface area contributed by atoms with Crippen molar-refractivity contribution in [3.8, 4) is 22.5 Å². The summed E-state index contributed by atoms with van der Waals surface area (Å²) in [6, 6.07) is 16.8. The highest BCUT2D eigenvalue weighted by Crippen LogP contribution is 2.30. The number of aromatic nitrogens is 2. The summed E-state index contributed by atoms with van der Waals surface area (Å²) >= 11 is 0. The predicted octanol–water partition coefficient (Wildman–Crippen LogP) is 3.90. The summed E-state index contributed by atoms with van der Waals surface area (Å²) in [4.78, 5) is 22.0. The molecule has 0 spiro atoms. The maximum atomic E-state index is 12.1. The molecule has 3 aromatic rings. The molecule has 1 amide bonds. The van der Waals surface area contributed by atoms with E-state index < -0.39 is 54.3 Å². The van der Waals surface area contributed by atoms with Crippen LogP contribution in [0.4, 0.5) is 5.82 Å². The van der Waals surface area contributed by atoms with Crippen LogP contribution in [0.2, 0.25) is 0 Å². The zero-order chi connectivity index (χ0) is 34.2. The molecule has 0 aliphatic rings. The van der Waals surface area contributed by atoms with Gasteiger partial charge in [0.2, 0.25) is 10.0 Å². The van der Waals surface area contributed by atoms with Crippen LogP contribution in [0.1, 0.15) is 40.3 Å². The van der Waals surface area contributed by atoms with E-state index in [1.54, 1.807) is 54.6 Å². The smallest absolute Gasteiger partial charge is 0.259 e. The number of anilines is 1. The van der Waals surface area contributed by atoms with Crippen LogP contribution in [0.3, 0.4) is 0 Å². The summed E-state index contributed by atoms with van der Waals surface area (Å²) in [5.74, 6) is -2.23. The molecule has 1 N–H and O–H groups in total. The molecule has 1 heterocycles. The van der Waals surface area contributed by atoms with E-state index in [1.807, 2.05) is 6.07 Å². The van der Waals surface area contributed by atoms with Crippen LogP contribution >= 0.6 is 0 Å². The van der Waals surface area contributed by atoms with E-state index in [2.05, 4.69) is 14.7 Å². The summed E-state index contributed by atoms with van der Waals surface area (Å²) in [5.41, 5.74) is 1.99. The Bertz CT molecular complexity index is 1630. The van der Waals surface area contributed by atoms with E-state index in [9.17, 15) is 13.2 Å². The zero-order valence-electron chi connectivity index (χ0n) is 29.3. The minimum Gasteiger partial charge on any atom is -0.372 e. The summed E-state index contributed by atoms with van der Waals surface area (Å²) < 4.78 is 112. The van der Waals surface area contributed by atoms with Gasteiger partial charge in [-0.15, -0.1) is 0 Å². The number of benzene rings is 2. The van der Waals surface area contributed by atoms with Crippen molar-refractivity contribution in [2.24, 2.45) is 0 Å². The fourth-order valence-corrected chi connectivity index (χ4v) is 3.33. The van der Waals surface area contributed by atoms with Gasteiger partial charge in [0.15, 0.2) is 0 Å². The molecule has 3 rings (SSSR count). The molecule has 0 aliphatic carbocycles. The highest BCUT2D eigenvalue weighted by atomic mass is 32.2. The molecule has 2 aromatic carbocycles. The van der Waals surface area contributed by atoms with Crippen LogP contribution in [0, 0.1) is 0 Å². The Morgan fingerprint density at radius 2 is 1.63 bits per heavy atom. The molecule has 1 aromatic heterocycles. The number of carbonyl (C=O) groups is 1. The van der Waals surface area contributed by atoms with Crippen molar-refractivity contribution in [2.75, 3.05) is 30.8 Å². The topological polar surface area (TPSA) is 101 Å². The first-order valence-corrected chi connectivity index (χ1v) is 12.3. The van der Waals surface area contributed by atoms with Crippen molar-refractivity contribution >= 4 is 21.7 Å². The second-order valence-corrected chi connectivity index (χ2v) is 9.24. The number of carbonyl (C=O) groups excluding carboxylic acids is 1. The lowest BCUT2D eigenvalue weighted by Crippen LogP contribution is -2.33. The van der Waals surface area contributed by atoms with Crippen LogP contribution in [0.25, 0.3) is 22.5 Å². The van der Waals surface area contributed by atoms with E-state index in [-0.39, 0.29) is 5.82 Å². The normalized spacial score (nSPS) is 17.7. The van der Waals surface area contributed by atoms with Gasteiger partial charge in [-0.1, -0.05) is 60.7 Å². The highest BCUT2D eigenvalue weighted by Gasteiger charge is 2.17. The second kappa shape index (κ2) is 12.4. The number of amides is 1. The number of rotatable bonds is 12. The van der Waals surface area contributed by atoms with Gasteiger partial charge in [-0.3, -0.25) is 14.5 Å². The lowest BCUT2D eigenvalue weighted by atomic mass is 10.0. The average Bonchev–Trinajstić information content (AvgIpc) is 2.92. The van der Waals surface area contributed by atoms with Crippen LogP contribution in [0.15, 0.2) is 66.9 Å². The number of nitrogens with zero attached hydrogens (tertiary/aromatic N) is 3. The van der Waals surface area contributed by atoms with E-state index in [4.69, 9.17) is 13.7 Å². The minimum absolute atomic E-state index is 0.224. The number of nitrogens with one attached hydrogen (secondary N) is 1. The van der Waals surface area contributed by atoms with Crippen molar-refractivity contribution in [3.05, 3.63) is 66.9 Å². The fraction of sp³-hybridized carbons (Fsp3) is 0.346. The third-order valence-electron chi connectivity index (χ3n) is 4.38. The maximum absolute atomic E-state index is 12.1. The highest BCUT2D eigenvalue weighted by molar-refractivity contribution is 7.89. The Balaban J connectivity index is 2.13. The lowest BCUT2D eigenvalue weighted by molar-refractivity contribution is -0.123. The zero-order valence-corrected chi connectivity index (χ0v) is 20.1. The average molecular weight is 507 g/mol. The number of ether oxygens (including phenoxy) is 1. The number of sulfonamides is 1. The molecule has 0 aliphatic heterocycles. The van der Waals surface area contributed by atoms with Gasteiger partial charge in [-0.2, -0.15) is 0 Å². The minimum atomic E-state index is -4.33. The molecule has 8 nitrogen and oxygen atoms in total. The lowest BCUT2D eigenvalue weighted by Gasteiger charge is -2.28. The first kappa shape index (κ1) is 15.6. The molecule has 0 radical (unpaired) electrons. The molecule has 0 atom stereocenters. The molecular formula is C26H32N4O4S. The molecular weight excluding hydrogens is 464 g/mol. The number of hydrogen-bond acceptors (Lipinski definition) is 7.